The van der Waals surface area contributed by atoms with Gasteiger partial charge in [0.05, 0.1) is 5.92 Å². The van der Waals surface area contributed by atoms with Crippen molar-refractivity contribution in [3.05, 3.63) is 89.7 Å². The van der Waals surface area contributed by atoms with E-state index in [1.54, 1.807) is 6.20 Å². The Morgan fingerprint density at radius 2 is 1.33 bits per heavy atom. The van der Waals surface area contributed by atoms with Gasteiger partial charge in [0.25, 0.3) is 0 Å². The molecule has 0 amide bonds. The molecule has 21 heavy (non-hydrogen) atoms. The van der Waals surface area contributed by atoms with Crippen LogP contribution in [-0.4, -0.2) is 4.98 Å². The van der Waals surface area contributed by atoms with E-state index >= 15 is 0 Å². The van der Waals surface area contributed by atoms with Gasteiger partial charge in [0, 0.05) is 6.20 Å². The van der Waals surface area contributed by atoms with Gasteiger partial charge in [-0.05, 0) is 40.3 Å². The lowest BCUT2D eigenvalue weighted by Gasteiger charge is -2.04. The molecule has 0 saturated carbocycles. The number of aromatic nitrogens is 1. The first-order chi connectivity index (χ1) is 10.4. The highest BCUT2D eigenvalue weighted by molar-refractivity contribution is 5.80. The number of pyridine rings is 1. The van der Waals surface area contributed by atoms with Crippen LogP contribution in [-0.2, 0) is 0 Å². The number of hydrogen-bond acceptors (Lipinski definition) is 1. The monoisotopic (exact) mass is 267 g/mol. The van der Waals surface area contributed by atoms with Crippen molar-refractivity contribution in [2.75, 3.05) is 0 Å². The number of hydrogen-bond donors (Lipinski definition) is 0. The molecule has 2 aromatic carbocycles. The van der Waals surface area contributed by atoms with Crippen LogP contribution < -0.4 is 0 Å². The number of fused-ring (bicyclic) bond motifs is 3. The molecular formula is C20H13N. The molecule has 1 heterocycles. The SMILES string of the molecule is C(#CC1c2ccccc2-c2ccccc21)c1ccccn1. The molecule has 4 rings (SSSR count). The van der Waals surface area contributed by atoms with Gasteiger partial charge in [-0.1, -0.05) is 60.5 Å². The lowest BCUT2D eigenvalue weighted by Crippen LogP contribution is -1.93. The smallest absolute Gasteiger partial charge is 0.113 e. The van der Waals surface area contributed by atoms with E-state index in [-0.39, 0.29) is 5.92 Å². The zero-order chi connectivity index (χ0) is 14.1. The third-order valence-corrected chi connectivity index (χ3v) is 3.84. The van der Waals surface area contributed by atoms with E-state index in [9.17, 15) is 0 Å². The first kappa shape index (κ1) is 11.9. The van der Waals surface area contributed by atoms with Crippen LogP contribution in [0.4, 0.5) is 0 Å². The van der Waals surface area contributed by atoms with Gasteiger partial charge >= 0.3 is 0 Å². The fourth-order valence-electron chi connectivity index (χ4n) is 2.89. The molecule has 1 aliphatic carbocycles. The van der Waals surface area contributed by atoms with Crippen molar-refractivity contribution in [1.82, 2.24) is 4.98 Å². The molecule has 3 aromatic rings. The summed E-state index contributed by atoms with van der Waals surface area (Å²) in [5.41, 5.74) is 6.01. The fourth-order valence-corrected chi connectivity index (χ4v) is 2.89. The largest absolute Gasteiger partial charge is 0.248 e. The van der Waals surface area contributed by atoms with E-state index in [1.807, 2.05) is 18.2 Å². The Hall–Kier alpha value is -2.85. The zero-order valence-corrected chi connectivity index (χ0v) is 11.5. The second kappa shape index (κ2) is 4.92. The highest BCUT2D eigenvalue weighted by Crippen LogP contribution is 2.43. The standard InChI is InChI=1S/C20H13N/c1-3-10-18-16(8-1)17-9-2-4-11-19(17)20(18)13-12-15-7-5-6-14-21-15/h1-11,14,20H. The summed E-state index contributed by atoms with van der Waals surface area (Å²) >= 11 is 0. The molecule has 0 spiro atoms. The average molecular weight is 267 g/mol. The van der Waals surface area contributed by atoms with Gasteiger partial charge in [0.15, 0.2) is 0 Å². The first-order valence-electron chi connectivity index (χ1n) is 7.04. The van der Waals surface area contributed by atoms with Crippen molar-refractivity contribution in [2.45, 2.75) is 5.92 Å². The third-order valence-electron chi connectivity index (χ3n) is 3.84. The Morgan fingerprint density at radius 1 is 0.714 bits per heavy atom. The van der Waals surface area contributed by atoms with E-state index < -0.39 is 0 Å². The third kappa shape index (κ3) is 2.02. The van der Waals surface area contributed by atoms with E-state index in [0.717, 1.165) is 5.69 Å². The van der Waals surface area contributed by atoms with Crippen LogP contribution >= 0.6 is 0 Å². The van der Waals surface area contributed by atoms with Crippen LogP contribution in [0, 0.1) is 11.8 Å². The second-order valence-electron chi connectivity index (χ2n) is 5.09. The second-order valence-corrected chi connectivity index (χ2v) is 5.09. The Kier molecular flexibility index (Phi) is 2.80. The summed E-state index contributed by atoms with van der Waals surface area (Å²) in [7, 11) is 0. The van der Waals surface area contributed by atoms with Crippen molar-refractivity contribution < 1.29 is 0 Å². The lowest BCUT2D eigenvalue weighted by atomic mass is 9.97. The fraction of sp³-hybridized carbons (Fsp3) is 0.0500. The van der Waals surface area contributed by atoms with Crippen LogP contribution in [0.3, 0.4) is 0 Å². The number of rotatable bonds is 0. The molecule has 0 aliphatic heterocycles. The van der Waals surface area contributed by atoms with Crippen LogP contribution in [0.5, 0.6) is 0 Å². The van der Waals surface area contributed by atoms with E-state index in [2.05, 4.69) is 65.4 Å². The molecule has 98 valence electrons. The first-order valence-corrected chi connectivity index (χ1v) is 7.04. The minimum atomic E-state index is 0.138. The molecule has 0 bridgehead atoms. The van der Waals surface area contributed by atoms with Gasteiger partial charge in [-0.3, -0.25) is 0 Å². The predicted octanol–water partition coefficient (Wildman–Crippen LogP) is 4.25. The minimum Gasteiger partial charge on any atom is -0.248 e. The van der Waals surface area contributed by atoms with Crippen molar-refractivity contribution in [3.8, 4) is 23.0 Å². The molecule has 0 unspecified atom stereocenters. The van der Waals surface area contributed by atoms with Crippen molar-refractivity contribution in [1.29, 1.82) is 0 Å². The van der Waals surface area contributed by atoms with Crippen LogP contribution in [0.1, 0.15) is 22.7 Å². The molecule has 1 nitrogen and oxygen atoms in total. The van der Waals surface area contributed by atoms with Crippen LogP contribution in [0.15, 0.2) is 72.9 Å². The predicted molar refractivity (Wildman–Crippen MR) is 84.8 cm³/mol. The summed E-state index contributed by atoms with van der Waals surface area (Å²) in [6.07, 6.45) is 1.78. The Balaban J connectivity index is 1.85. The quantitative estimate of drug-likeness (QED) is 0.555. The molecular weight excluding hydrogens is 254 g/mol. The summed E-state index contributed by atoms with van der Waals surface area (Å²) in [4.78, 5) is 4.28. The normalized spacial score (nSPS) is 12.2. The average Bonchev–Trinajstić information content (AvgIpc) is 2.88. The van der Waals surface area contributed by atoms with E-state index in [0.29, 0.717) is 0 Å². The molecule has 1 aliphatic rings. The Morgan fingerprint density at radius 3 is 1.95 bits per heavy atom. The van der Waals surface area contributed by atoms with E-state index in [4.69, 9.17) is 0 Å². The van der Waals surface area contributed by atoms with Gasteiger partial charge < -0.3 is 0 Å². The molecule has 0 fully saturated rings. The molecule has 0 atom stereocenters. The summed E-state index contributed by atoms with van der Waals surface area (Å²) < 4.78 is 0. The van der Waals surface area contributed by atoms with Gasteiger partial charge in [0.1, 0.15) is 5.69 Å². The molecule has 1 heteroatoms. The number of benzene rings is 2. The minimum absolute atomic E-state index is 0.138. The number of nitrogens with zero attached hydrogens (tertiary/aromatic N) is 1. The maximum Gasteiger partial charge on any atom is 0.113 e. The summed E-state index contributed by atoms with van der Waals surface area (Å²) in [6, 6.07) is 22.9. The van der Waals surface area contributed by atoms with Crippen molar-refractivity contribution in [2.24, 2.45) is 0 Å². The highest BCUT2D eigenvalue weighted by Gasteiger charge is 2.26. The molecule has 0 N–H and O–H groups in total. The van der Waals surface area contributed by atoms with Gasteiger partial charge in [0.2, 0.25) is 0 Å². The molecule has 1 aromatic heterocycles. The van der Waals surface area contributed by atoms with E-state index in [1.165, 1.54) is 22.3 Å². The summed E-state index contributed by atoms with van der Waals surface area (Å²) in [5.74, 6) is 6.74. The topological polar surface area (TPSA) is 12.9 Å². The van der Waals surface area contributed by atoms with Gasteiger partial charge in [-0.2, -0.15) is 0 Å². The lowest BCUT2D eigenvalue weighted by molar-refractivity contribution is 1.11. The maximum atomic E-state index is 4.28. The highest BCUT2D eigenvalue weighted by atomic mass is 14.6. The van der Waals surface area contributed by atoms with Crippen LogP contribution in [0.25, 0.3) is 11.1 Å². The molecule has 0 radical (unpaired) electrons. The Bertz CT molecular complexity index is 808. The van der Waals surface area contributed by atoms with Crippen molar-refractivity contribution in [3.63, 3.8) is 0 Å². The zero-order valence-electron chi connectivity index (χ0n) is 11.5. The summed E-state index contributed by atoms with van der Waals surface area (Å²) in [5, 5.41) is 0. The van der Waals surface area contributed by atoms with Crippen LogP contribution in [0.2, 0.25) is 0 Å². The maximum absolute atomic E-state index is 4.28. The van der Waals surface area contributed by atoms with Gasteiger partial charge in [-0.25, -0.2) is 4.98 Å². The Labute approximate surface area is 124 Å². The van der Waals surface area contributed by atoms with Gasteiger partial charge in [-0.15, -0.1) is 0 Å². The summed E-state index contributed by atoms with van der Waals surface area (Å²) in [6.45, 7) is 0. The van der Waals surface area contributed by atoms with Crippen molar-refractivity contribution >= 4 is 0 Å². The molecule has 0 saturated heterocycles.